The lowest BCUT2D eigenvalue weighted by Gasteiger charge is -2.10. The molecule has 0 aromatic heterocycles. The van der Waals surface area contributed by atoms with E-state index in [1.165, 1.54) is 23.9 Å². The van der Waals surface area contributed by atoms with Crippen LogP contribution in [0.2, 0.25) is 5.02 Å². The molecule has 0 saturated carbocycles. The molecule has 0 radical (unpaired) electrons. The van der Waals surface area contributed by atoms with Crippen molar-refractivity contribution in [1.82, 2.24) is 0 Å². The first-order valence-electron chi connectivity index (χ1n) is 9.26. The van der Waals surface area contributed by atoms with Crippen LogP contribution < -0.4 is 10.6 Å². The Kier molecular flexibility index (Phi) is 7.33. The molecule has 0 aliphatic carbocycles. The lowest BCUT2D eigenvalue weighted by Crippen LogP contribution is -2.15. The van der Waals surface area contributed by atoms with E-state index in [9.17, 15) is 14.4 Å². The molecule has 158 valence electrons. The Bertz CT molecular complexity index is 1150. The number of hydrogen-bond donors (Lipinski definition) is 3. The number of rotatable bonds is 7. The van der Waals surface area contributed by atoms with E-state index in [1.54, 1.807) is 30.3 Å². The van der Waals surface area contributed by atoms with Gasteiger partial charge in [-0.1, -0.05) is 35.9 Å². The number of hydrogen-bond acceptors (Lipinski definition) is 4. The highest BCUT2D eigenvalue weighted by atomic mass is 35.5. The third-order valence-electron chi connectivity index (χ3n) is 4.33. The number of benzene rings is 3. The quantitative estimate of drug-likeness (QED) is 0.419. The second-order valence-electron chi connectivity index (χ2n) is 6.63. The fraction of sp³-hybridized carbons (Fsp3) is 0.0870. The summed E-state index contributed by atoms with van der Waals surface area (Å²) in [6, 6.07) is 18.8. The van der Waals surface area contributed by atoms with E-state index in [2.05, 4.69) is 10.6 Å². The van der Waals surface area contributed by atoms with E-state index in [4.69, 9.17) is 16.7 Å². The Balaban J connectivity index is 1.59. The Hall–Kier alpha value is -3.29. The van der Waals surface area contributed by atoms with Crippen molar-refractivity contribution in [2.45, 2.75) is 11.8 Å². The summed E-state index contributed by atoms with van der Waals surface area (Å²) in [7, 11) is 0. The molecule has 8 heteroatoms. The molecule has 0 aliphatic rings. The normalized spacial score (nSPS) is 10.4. The van der Waals surface area contributed by atoms with Crippen LogP contribution in [0.3, 0.4) is 0 Å². The minimum atomic E-state index is -1.17. The molecular weight excluding hydrogens is 436 g/mol. The maximum Gasteiger partial charge on any atom is 0.337 e. The van der Waals surface area contributed by atoms with E-state index in [0.717, 1.165) is 10.5 Å². The largest absolute Gasteiger partial charge is 0.478 e. The fourth-order valence-corrected chi connectivity index (χ4v) is 3.76. The van der Waals surface area contributed by atoms with Crippen LogP contribution in [-0.4, -0.2) is 28.6 Å². The second-order valence-corrected chi connectivity index (χ2v) is 8.09. The minimum Gasteiger partial charge on any atom is -0.478 e. The van der Waals surface area contributed by atoms with Gasteiger partial charge in [0.1, 0.15) is 0 Å². The SMILES string of the molecule is Cc1ccccc1C(=O)Nc1cccc(SCC(=O)Nc2ccc(Cl)c(C(=O)O)c2)c1. The number of aromatic carboxylic acids is 1. The van der Waals surface area contributed by atoms with E-state index in [-0.39, 0.29) is 28.2 Å². The van der Waals surface area contributed by atoms with Crippen LogP contribution in [-0.2, 0) is 4.79 Å². The summed E-state index contributed by atoms with van der Waals surface area (Å²) in [5.74, 6) is -1.55. The molecule has 6 nitrogen and oxygen atoms in total. The minimum absolute atomic E-state index is 0.0794. The molecule has 0 atom stereocenters. The van der Waals surface area contributed by atoms with Gasteiger partial charge in [0, 0.05) is 21.8 Å². The van der Waals surface area contributed by atoms with Gasteiger partial charge in [0.05, 0.1) is 16.3 Å². The maximum atomic E-state index is 12.5. The van der Waals surface area contributed by atoms with Crippen molar-refractivity contribution in [2.24, 2.45) is 0 Å². The number of halogens is 1. The van der Waals surface area contributed by atoms with Gasteiger partial charge in [-0.05, 0) is 55.0 Å². The van der Waals surface area contributed by atoms with Crippen LogP contribution in [0.5, 0.6) is 0 Å². The highest BCUT2D eigenvalue weighted by Crippen LogP contribution is 2.24. The molecule has 3 rings (SSSR count). The summed E-state index contributed by atoms with van der Waals surface area (Å²) in [6.45, 7) is 1.87. The van der Waals surface area contributed by atoms with Crippen molar-refractivity contribution in [3.63, 3.8) is 0 Å². The summed E-state index contributed by atoms with van der Waals surface area (Å²) in [4.78, 5) is 36.7. The predicted molar refractivity (Wildman–Crippen MR) is 123 cm³/mol. The first-order chi connectivity index (χ1) is 14.8. The lowest BCUT2D eigenvalue weighted by atomic mass is 10.1. The van der Waals surface area contributed by atoms with E-state index >= 15 is 0 Å². The van der Waals surface area contributed by atoms with Crippen molar-refractivity contribution in [1.29, 1.82) is 0 Å². The topological polar surface area (TPSA) is 95.5 Å². The Morgan fingerprint density at radius 2 is 1.65 bits per heavy atom. The van der Waals surface area contributed by atoms with E-state index in [0.29, 0.717) is 16.9 Å². The lowest BCUT2D eigenvalue weighted by molar-refractivity contribution is -0.113. The van der Waals surface area contributed by atoms with Crippen LogP contribution in [0, 0.1) is 6.92 Å². The van der Waals surface area contributed by atoms with E-state index in [1.807, 2.05) is 31.2 Å². The van der Waals surface area contributed by atoms with Gasteiger partial charge in [0.2, 0.25) is 5.91 Å². The number of amides is 2. The van der Waals surface area contributed by atoms with Crippen LogP contribution in [0.1, 0.15) is 26.3 Å². The molecule has 31 heavy (non-hydrogen) atoms. The third-order valence-corrected chi connectivity index (χ3v) is 5.66. The van der Waals surface area contributed by atoms with Gasteiger partial charge in [-0.25, -0.2) is 4.79 Å². The van der Waals surface area contributed by atoms with Gasteiger partial charge >= 0.3 is 5.97 Å². The summed E-state index contributed by atoms with van der Waals surface area (Å²) in [5.41, 5.74) is 2.39. The monoisotopic (exact) mass is 454 g/mol. The summed E-state index contributed by atoms with van der Waals surface area (Å²) >= 11 is 7.14. The van der Waals surface area contributed by atoms with Gasteiger partial charge in [0.15, 0.2) is 0 Å². The van der Waals surface area contributed by atoms with Gasteiger partial charge in [-0.15, -0.1) is 11.8 Å². The maximum absolute atomic E-state index is 12.5. The number of carbonyl (C=O) groups is 3. The Labute approximate surface area is 188 Å². The molecule has 3 aromatic carbocycles. The number of nitrogens with one attached hydrogen (secondary N) is 2. The molecule has 0 unspecified atom stereocenters. The van der Waals surface area contributed by atoms with Gasteiger partial charge in [-0.2, -0.15) is 0 Å². The third kappa shape index (κ3) is 6.10. The van der Waals surface area contributed by atoms with E-state index < -0.39 is 5.97 Å². The Morgan fingerprint density at radius 1 is 0.903 bits per heavy atom. The molecule has 0 fully saturated rings. The number of carboxylic acid groups (broad SMARTS) is 1. The molecule has 0 bridgehead atoms. The number of carboxylic acids is 1. The van der Waals surface area contributed by atoms with Crippen molar-refractivity contribution in [3.8, 4) is 0 Å². The molecule has 0 spiro atoms. The van der Waals surface area contributed by atoms with Crippen LogP contribution in [0.4, 0.5) is 11.4 Å². The smallest absolute Gasteiger partial charge is 0.337 e. The molecule has 0 aliphatic heterocycles. The van der Waals surface area contributed by atoms with Crippen molar-refractivity contribution < 1.29 is 19.5 Å². The predicted octanol–water partition coefficient (Wildman–Crippen LogP) is 5.33. The van der Waals surface area contributed by atoms with Crippen molar-refractivity contribution >= 4 is 52.5 Å². The molecule has 2 amide bonds. The second kappa shape index (κ2) is 10.1. The highest BCUT2D eigenvalue weighted by Gasteiger charge is 2.12. The summed E-state index contributed by atoms with van der Waals surface area (Å²) in [5, 5.41) is 14.7. The number of anilines is 2. The molecule has 3 N–H and O–H groups in total. The Morgan fingerprint density at radius 3 is 2.39 bits per heavy atom. The van der Waals surface area contributed by atoms with Crippen LogP contribution >= 0.6 is 23.4 Å². The first kappa shape index (κ1) is 22.4. The van der Waals surface area contributed by atoms with Crippen molar-refractivity contribution in [3.05, 3.63) is 88.4 Å². The zero-order valence-corrected chi connectivity index (χ0v) is 18.1. The zero-order chi connectivity index (χ0) is 22.4. The van der Waals surface area contributed by atoms with Gasteiger partial charge in [0.25, 0.3) is 5.91 Å². The number of carbonyl (C=O) groups excluding carboxylic acids is 2. The summed E-state index contributed by atoms with van der Waals surface area (Å²) < 4.78 is 0. The summed E-state index contributed by atoms with van der Waals surface area (Å²) in [6.07, 6.45) is 0. The van der Waals surface area contributed by atoms with Gasteiger partial charge in [-0.3, -0.25) is 9.59 Å². The number of thioether (sulfide) groups is 1. The first-order valence-corrected chi connectivity index (χ1v) is 10.6. The average molecular weight is 455 g/mol. The highest BCUT2D eigenvalue weighted by molar-refractivity contribution is 8.00. The molecule has 0 heterocycles. The molecule has 3 aromatic rings. The van der Waals surface area contributed by atoms with Crippen molar-refractivity contribution in [2.75, 3.05) is 16.4 Å². The van der Waals surface area contributed by atoms with Crippen LogP contribution in [0.15, 0.2) is 71.6 Å². The average Bonchev–Trinajstić information content (AvgIpc) is 2.74. The van der Waals surface area contributed by atoms with Crippen LogP contribution in [0.25, 0.3) is 0 Å². The fourth-order valence-electron chi connectivity index (χ4n) is 2.80. The molecule has 0 saturated heterocycles. The number of aryl methyl sites for hydroxylation is 1. The zero-order valence-electron chi connectivity index (χ0n) is 16.5. The standard InChI is InChI=1S/C23H19ClN2O4S/c1-14-5-2-3-8-18(14)22(28)26-15-6-4-7-17(11-15)31-13-21(27)25-16-9-10-20(24)19(12-16)23(29)30/h2-12H,13H2,1H3,(H,25,27)(H,26,28)(H,29,30). The van der Waals surface area contributed by atoms with Gasteiger partial charge < -0.3 is 15.7 Å². The molecular formula is C23H19ClN2O4S.